The van der Waals surface area contributed by atoms with Crippen molar-refractivity contribution in [3.8, 4) is 17.2 Å². The fourth-order valence-electron chi connectivity index (χ4n) is 3.28. The van der Waals surface area contributed by atoms with Crippen LogP contribution in [0, 0.1) is 0 Å². The number of rotatable bonds is 8. The van der Waals surface area contributed by atoms with Crippen molar-refractivity contribution in [2.45, 2.75) is 23.1 Å². The second-order valence-corrected chi connectivity index (χ2v) is 8.93. The number of carbonyl (C=O) groups excluding carboxylic acids is 1. The molecule has 0 spiro atoms. The Bertz CT molecular complexity index is 1180. The summed E-state index contributed by atoms with van der Waals surface area (Å²) in [4.78, 5) is 31.0. The summed E-state index contributed by atoms with van der Waals surface area (Å²) in [5.74, 6) is 1.55. The number of nitrogens with zero attached hydrogens (tertiary/aromatic N) is 2. The van der Waals surface area contributed by atoms with Gasteiger partial charge in [0.2, 0.25) is 0 Å². The normalized spacial score (nSPS) is 12.3. The molecule has 0 unspecified atom stereocenters. The number of aromatic nitrogens is 2. The van der Waals surface area contributed by atoms with Gasteiger partial charge in [-0.2, -0.15) is 0 Å². The lowest BCUT2D eigenvalue weighted by atomic mass is 10.2. The molecular formula is C23H22N2O5S2. The summed E-state index contributed by atoms with van der Waals surface area (Å²) >= 11 is 2.69. The number of esters is 1. The summed E-state index contributed by atoms with van der Waals surface area (Å²) in [5, 5.41) is 0.445. The highest BCUT2D eigenvalue weighted by Crippen LogP contribution is 2.33. The predicted molar refractivity (Wildman–Crippen MR) is 124 cm³/mol. The third-order valence-electron chi connectivity index (χ3n) is 4.85. The lowest BCUT2D eigenvalue weighted by molar-refractivity contribution is -0.141. The summed E-state index contributed by atoms with van der Waals surface area (Å²) in [5.41, 5.74) is 2.14. The van der Waals surface area contributed by atoms with E-state index in [1.165, 1.54) is 28.1 Å². The van der Waals surface area contributed by atoms with Crippen LogP contribution in [0.1, 0.15) is 11.3 Å². The van der Waals surface area contributed by atoms with Gasteiger partial charge in [-0.1, -0.05) is 42.1 Å². The van der Waals surface area contributed by atoms with E-state index < -0.39 is 0 Å². The average Bonchev–Trinajstić information content (AvgIpc) is 3.31. The largest absolute Gasteiger partial charge is 0.493 e. The molecule has 1 aliphatic rings. The average molecular weight is 471 g/mol. The Morgan fingerprint density at radius 2 is 1.91 bits per heavy atom. The summed E-state index contributed by atoms with van der Waals surface area (Å²) in [6.07, 6.45) is 0.730. The second kappa shape index (κ2) is 10.1. The number of benzene rings is 2. The monoisotopic (exact) mass is 470 g/mol. The van der Waals surface area contributed by atoms with Crippen molar-refractivity contribution in [3.63, 3.8) is 0 Å². The lowest BCUT2D eigenvalue weighted by Gasteiger charge is -2.15. The molecule has 0 N–H and O–H groups in total. The van der Waals surface area contributed by atoms with E-state index in [-0.39, 0.29) is 23.9 Å². The smallest absolute Gasteiger partial charge is 0.316 e. The number of methoxy groups -OCH3 is 2. The molecule has 2 aromatic carbocycles. The highest BCUT2D eigenvalue weighted by Gasteiger charge is 2.23. The van der Waals surface area contributed by atoms with Gasteiger partial charge in [0.15, 0.2) is 16.7 Å². The van der Waals surface area contributed by atoms with Gasteiger partial charge in [0.05, 0.1) is 36.2 Å². The van der Waals surface area contributed by atoms with Gasteiger partial charge in [-0.3, -0.25) is 14.2 Å². The van der Waals surface area contributed by atoms with Crippen LogP contribution in [-0.2, 0) is 22.6 Å². The Labute approximate surface area is 194 Å². The molecule has 166 valence electrons. The van der Waals surface area contributed by atoms with E-state index in [1.807, 2.05) is 30.3 Å². The van der Waals surface area contributed by atoms with Crippen molar-refractivity contribution >= 4 is 29.5 Å². The molecule has 0 bridgehead atoms. The molecule has 2 heterocycles. The van der Waals surface area contributed by atoms with Crippen molar-refractivity contribution in [2.24, 2.45) is 0 Å². The van der Waals surface area contributed by atoms with Crippen molar-refractivity contribution in [1.29, 1.82) is 0 Å². The van der Waals surface area contributed by atoms with Crippen LogP contribution in [-0.4, -0.2) is 41.2 Å². The SMILES string of the molecule is COc1ccc(-n2c(SCC(=O)OCc3ccccc3)nc3c(c2=O)SCC3)cc1OC. The third-order valence-corrected chi connectivity index (χ3v) is 6.87. The quantitative estimate of drug-likeness (QED) is 0.280. The van der Waals surface area contributed by atoms with Gasteiger partial charge in [-0.15, -0.1) is 11.8 Å². The standard InChI is InChI=1S/C23H22N2O5S2/c1-28-18-9-8-16(12-19(18)29-2)25-22(27)21-17(10-11-31-21)24-23(25)32-14-20(26)30-13-15-6-4-3-5-7-15/h3-9,12H,10-11,13-14H2,1-2H3. The van der Waals surface area contributed by atoms with Crippen LogP contribution in [0.4, 0.5) is 0 Å². The van der Waals surface area contributed by atoms with E-state index in [2.05, 4.69) is 0 Å². The van der Waals surface area contributed by atoms with E-state index in [0.29, 0.717) is 27.2 Å². The molecule has 0 saturated heterocycles. The van der Waals surface area contributed by atoms with E-state index >= 15 is 0 Å². The van der Waals surface area contributed by atoms with Crippen molar-refractivity contribution in [1.82, 2.24) is 9.55 Å². The van der Waals surface area contributed by atoms with Crippen LogP contribution >= 0.6 is 23.5 Å². The van der Waals surface area contributed by atoms with Gasteiger partial charge >= 0.3 is 5.97 Å². The maximum absolute atomic E-state index is 13.3. The van der Waals surface area contributed by atoms with Crippen molar-refractivity contribution < 1.29 is 19.0 Å². The minimum atomic E-state index is -0.373. The third kappa shape index (κ3) is 4.78. The van der Waals surface area contributed by atoms with Gasteiger partial charge < -0.3 is 14.2 Å². The number of ether oxygens (including phenoxy) is 3. The molecule has 1 aliphatic heterocycles. The van der Waals surface area contributed by atoms with Crippen LogP contribution < -0.4 is 15.0 Å². The maximum atomic E-state index is 13.3. The zero-order chi connectivity index (χ0) is 22.5. The molecule has 9 heteroatoms. The highest BCUT2D eigenvalue weighted by atomic mass is 32.2. The minimum absolute atomic E-state index is 0.0402. The predicted octanol–water partition coefficient (Wildman–Crippen LogP) is 3.73. The van der Waals surface area contributed by atoms with E-state index in [1.54, 1.807) is 32.4 Å². The minimum Gasteiger partial charge on any atom is -0.493 e. The molecule has 3 aromatic rings. The summed E-state index contributed by atoms with van der Waals surface area (Å²) in [7, 11) is 3.10. The first-order chi connectivity index (χ1) is 15.6. The fraction of sp³-hybridized carbons (Fsp3) is 0.261. The zero-order valence-corrected chi connectivity index (χ0v) is 19.3. The van der Waals surface area contributed by atoms with Gasteiger partial charge in [-0.05, 0) is 17.7 Å². The molecule has 1 aromatic heterocycles. The number of hydrogen-bond acceptors (Lipinski definition) is 8. The number of carbonyl (C=O) groups is 1. The lowest BCUT2D eigenvalue weighted by Crippen LogP contribution is -2.24. The van der Waals surface area contributed by atoms with Crippen LogP contribution in [0.15, 0.2) is 63.4 Å². The second-order valence-electron chi connectivity index (χ2n) is 6.88. The van der Waals surface area contributed by atoms with E-state index in [9.17, 15) is 9.59 Å². The number of fused-ring (bicyclic) bond motifs is 1. The topological polar surface area (TPSA) is 79.7 Å². The van der Waals surface area contributed by atoms with Crippen LogP contribution in [0.3, 0.4) is 0 Å². The highest BCUT2D eigenvalue weighted by molar-refractivity contribution is 8.00. The Morgan fingerprint density at radius 1 is 1.12 bits per heavy atom. The molecule has 0 saturated carbocycles. The van der Waals surface area contributed by atoms with Gasteiger partial charge in [0.25, 0.3) is 5.56 Å². The first kappa shape index (κ1) is 22.3. The molecule has 0 amide bonds. The fourth-order valence-corrected chi connectivity index (χ4v) is 5.14. The molecule has 7 nitrogen and oxygen atoms in total. The summed E-state index contributed by atoms with van der Waals surface area (Å²) in [6, 6.07) is 14.7. The van der Waals surface area contributed by atoms with E-state index in [0.717, 1.165) is 23.4 Å². The Kier molecular flexibility index (Phi) is 7.06. The first-order valence-electron chi connectivity index (χ1n) is 9.94. The van der Waals surface area contributed by atoms with Gasteiger partial charge in [-0.25, -0.2) is 4.98 Å². The maximum Gasteiger partial charge on any atom is 0.316 e. The molecule has 0 aliphatic carbocycles. The molecule has 32 heavy (non-hydrogen) atoms. The van der Waals surface area contributed by atoms with Crippen LogP contribution in [0.25, 0.3) is 5.69 Å². The number of aryl methyl sites for hydroxylation is 1. The number of hydrogen-bond donors (Lipinski definition) is 0. The summed E-state index contributed by atoms with van der Waals surface area (Å²) < 4.78 is 17.6. The van der Waals surface area contributed by atoms with E-state index in [4.69, 9.17) is 19.2 Å². The first-order valence-corrected chi connectivity index (χ1v) is 11.9. The van der Waals surface area contributed by atoms with Gasteiger partial charge in [0.1, 0.15) is 6.61 Å². The Hall–Kier alpha value is -2.91. The molecular weight excluding hydrogens is 448 g/mol. The number of thioether (sulfide) groups is 2. The molecule has 0 radical (unpaired) electrons. The molecule has 4 rings (SSSR count). The van der Waals surface area contributed by atoms with Crippen LogP contribution in [0.5, 0.6) is 11.5 Å². The molecule has 0 fully saturated rings. The van der Waals surface area contributed by atoms with Crippen LogP contribution in [0.2, 0.25) is 0 Å². The Morgan fingerprint density at radius 3 is 2.66 bits per heavy atom. The summed E-state index contributed by atoms with van der Waals surface area (Å²) in [6.45, 7) is 0.205. The molecule has 0 atom stereocenters. The van der Waals surface area contributed by atoms with Crippen molar-refractivity contribution in [3.05, 3.63) is 70.1 Å². The zero-order valence-electron chi connectivity index (χ0n) is 17.7. The van der Waals surface area contributed by atoms with Crippen molar-refractivity contribution in [2.75, 3.05) is 25.7 Å². The van der Waals surface area contributed by atoms with Gasteiger partial charge in [0, 0.05) is 18.2 Å². The Balaban J connectivity index is 1.60.